The highest BCUT2D eigenvalue weighted by atomic mass is 16.3. The van der Waals surface area contributed by atoms with E-state index >= 15 is 0 Å². The van der Waals surface area contributed by atoms with E-state index in [1.54, 1.807) is 0 Å². The molecule has 0 fully saturated rings. The third-order valence-electron chi connectivity index (χ3n) is 15.8. The molecule has 0 aromatic rings. The summed E-state index contributed by atoms with van der Waals surface area (Å²) in [6.45, 7) is 17.2. The number of aliphatic hydroxyl groups is 5. The van der Waals surface area contributed by atoms with E-state index < -0.39 is 30.5 Å². The summed E-state index contributed by atoms with van der Waals surface area (Å²) in [4.78, 5) is 7.06. The molecule has 0 aliphatic rings. The molecular formula is C64H133N3O5. The zero-order valence-electron chi connectivity index (χ0n) is 49.6. The topological polar surface area (TPSA) is 111 Å². The van der Waals surface area contributed by atoms with Crippen molar-refractivity contribution in [3.8, 4) is 0 Å². The lowest BCUT2D eigenvalue weighted by molar-refractivity contribution is 0.0371. The fourth-order valence-corrected chi connectivity index (χ4v) is 10.9. The van der Waals surface area contributed by atoms with Crippen LogP contribution in [0.5, 0.6) is 0 Å². The molecule has 0 aromatic heterocycles. The molecule has 5 unspecified atom stereocenters. The van der Waals surface area contributed by atoms with Crippen LogP contribution >= 0.6 is 0 Å². The molecule has 8 nitrogen and oxygen atoms in total. The Bertz CT molecular complexity index is 904. The molecule has 5 atom stereocenters. The molecule has 0 bridgehead atoms. The Kier molecular flexibility index (Phi) is 56.6. The second kappa shape index (κ2) is 56.9. The smallest absolute Gasteiger partial charge is 0.0667 e. The molecule has 0 aromatic carbocycles. The maximum absolute atomic E-state index is 11.6. The van der Waals surface area contributed by atoms with Gasteiger partial charge in [-0.15, -0.1) is 0 Å². The molecule has 0 saturated heterocycles. The van der Waals surface area contributed by atoms with Gasteiger partial charge in [0, 0.05) is 58.9 Å². The maximum Gasteiger partial charge on any atom is 0.0667 e. The number of hydrogen-bond acceptors (Lipinski definition) is 8. The molecule has 0 aliphatic carbocycles. The van der Waals surface area contributed by atoms with Gasteiger partial charge in [-0.2, -0.15) is 0 Å². The highest BCUT2D eigenvalue weighted by molar-refractivity contribution is 4.77. The second-order valence-corrected chi connectivity index (χ2v) is 23.4. The summed E-state index contributed by atoms with van der Waals surface area (Å²) in [5.41, 5.74) is 0. The minimum atomic E-state index is -0.415. The Morgan fingerprint density at radius 1 is 0.194 bits per heavy atom. The molecule has 0 spiro atoms. The van der Waals surface area contributed by atoms with E-state index in [2.05, 4.69) is 49.3 Å². The van der Waals surface area contributed by atoms with Crippen molar-refractivity contribution < 1.29 is 25.5 Å². The summed E-state index contributed by atoms with van der Waals surface area (Å²) < 4.78 is 0. The van der Waals surface area contributed by atoms with Crippen molar-refractivity contribution in [2.45, 2.75) is 354 Å². The predicted molar refractivity (Wildman–Crippen MR) is 315 cm³/mol. The van der Waals surface area contributed by atoms with Crippen LogP contribution in [0.3, 0.4) is 0 Å². The van der Waals surface area contributed by atoms with Crippen LogP contribution in [0.25, 0.3) is 0 Å². The van der Waals surface area contributed by atoms with E-state index in [9.17, 15) is 25.5 Å². The Balaban J connectivity index is 5.97. The number of rotatable bonds is 61. The summed E-state index contributed by atoms with van der Waals surface area (Å²) in [5.74, 6) is 0. The SMILES string of the molecule is CCCCCCCCCCC(O)CN(CCN(CC(O)CCCCCCCCCC)CC(O)CCCCCCCCCC)CCN(CC(O)CCCCCCCCCC)CC(O)CCCCCCCCCC. The van der Waals surface area contributed by atoms with Gasteiger partial charge in [-0.1, -0.05) is 291 Å². The maximum atomic E-state index is 11.6. The average molecular weight is 1020 g/mol. The lowest BCUT2D eigenvalue weighted by Crippen LogP contribution is -2.47. The quantitative estimate of drug-likeness (QED) is 0.0383. The molecular weight excluding hydrogens is 891 g/mol. The van der Waals surface area contributed by atoms with Gasteiger partial charge >= 0.3 is 0 Å². The molecule has 5 N–H and O–H groups in total. The summed E-state index contributed by atoms with van der Waals surface area (Å²) in [6.07, 6.45) is 52.1. The van der Waals surface area contributed by atoms with Crippen LogP contribution in [0.1, 0.15) is 324 Å². The van der Waals surface area contributed by atoms with Crippen molar-refractivity contribution >= 4 is 0 Å². The fraction of sp³-hybridized carbons (Fsp3) is 1.00. The number of nitrogens with zero attached hydrogens (tertiary/aromatic N) is 3. The normalized spacial score (nSPS) is 14.3. The standard InChI is InChI=1S/C64H133N3O5/c1-6-11-16-21-26-31-36-41-46-60(68)55-65(51-53-66(56-61(69)47-42-37-32-27-22-17-12-7-2)57-62(70)48-43-38-33-28-23-18-13-8-3)52-54-67(58-63(71)49-44-39-34-29-24-19-14-9-4)59-64(72)50-45-40-35-30-25-20-15-10-5/h60-64,68-72H,6-59H2,1-5H3. The third-order valence-corrected chi connectivity index (χ3v) is 15.8. The minimum Gasteiger partial charge on any atom is -0.392 e. The van der Waals surface area contributed by atoms with Crippen LogP contribution < -0.4 is 0 Å². The van der Waals surface area contributed by atoms with E-state index in [1.807, 2.05) is 0 Å². The predicted octanol–water partition coefficient (Wildman–Crippen LogP) is 16.4. The fourth-order valence-electron chi connectivity index (χ4n) is 10.9. The molecule has 72 heavy (non-hydrogen) atoms. The van der Waals surface area contributed by atoms with Gasteiger partial charge in [-0.25, -0.2) is 0 Å². The summed E-state index contributed by atoms with van der Waals surface area (Å²) in [6, 6.07) is 0. The van der Waals surface area contributed by atoms with E-state index in [-0.39, 0.29) is 0 Å². The summed E-state index contributed by atoms with van der Waals surface area (Å²) >= 11 is 0. The summed E-state index contributed by atoms with van der Waals surface area (Å²) in [5, 5.41) is 57.3. The van der Waals surface area contributed by atoms with E-state index in [0.29, 0.717) is 32.7 Å². The largest absolute Gasteiger partial charge is 0.392 e. The van der Waals surface area contributed by atoms with Crippen molar-refractivity contribution in [3.63, 3.8) is 0 Å². The van der Waals surface area contributed by atoms with Crippen molar-refractivity contribution in [1.82, 2.24) is 14.7 Å². The van der Waals surface area contributed by atoms with Crippen molar-refractivity contribution in [1.29, 1.82) is 0 Å². The summed E-state index contributed by atoms with van der Waals surface area (Å²) in [7, 11) is 0. The van der Waals surface area contributed by atoms with Gasteiger partial charge in [-0.05, 0) is 32.1 Å². The number of unbranched alkanes of at least 4 members (excludes halogenated alkanes) is 35. The monoisotopic (exact) mass is 1020 g/mol. The average Bonchev–Trinajstić information content (AvgIpc) is 3.36. The van der Waals surface area contributed by atoms with E-state index in [0.717, 1.165) is 90.4 Å². The van der Waals surface area contributed by atoms with Crippen LogP contribution in [-0.2, 0) is 0 Å². The zero-order chi connectivity index (χ0) is 52.8. The molecule has 8 heteroatoms. The Hall–Kier alpha value is -0.320. The lowest BCUT2D eigenvalue weighted by Gasteiger charge is -2.33. The van der Waals surface area contributed by atoms with Gasteiger partial charge in [0.05, 0.1) is 30.5 Å². The van der Waals surface area contributed by atoms with Crippen LogP contribution in [0.2, 0.25) is 0 Å². The van der Waals surface area contributed by atoms with E-state index in [4.69, 9.17) is 0 Å². The molecule has 0 saturated carbocycles. The molecule has 0 amide bonds. The Morgan fingerprint density at radius 2 is 0.333 bits per heavy atom. The van der Waals surface area contributed by atoms with Crippen LogP contribution in [0.15, 0.2) is 0 Å². The Labute approximate surface area is 451 Å². The molecule has 0 radical (unpaired) electrons. The minimum absolute atomic E-state index is 0.410. The first kappa shape index (κ1) is 71.7. The van der Waals surface area contributed by atoms with Gasteiger partial charge in [0.2, 0.25) is 0 Å². The van der Waals surface area contributed by atoms with Gasteiger partial charge in [0.15, 0.2) is 0 Å². The van der Waals surface area contributed by atoms with E-state index in [1.165, 1.54) is 225 Å². The highest BCUT2D eigenvalue weighted by Gasteiger charge is 2.21. The van der Waals surface area contributed by atoms with Crippen molar-refractivity contribution in [3.05, 3.63) is 0 Å². The molecule has 0 heterocycles. The van der Waals surface area contributed by atoms with Gasteiger partial charge in [-0.3, -0.25) is 14.7 Å². The Morgan fingerprint density at radius 3 is 0.514 bits per heavy atom. The first-order valence-electron chi connectivity index (χ1n) is 32.8. The molecule has 434 valence electrons. The highest BCUT2D eigenvalue weighted by Crippen LogP contribution is 2.18. The molecule has 0 aliphatic heterocycles. The molecule has 0 rings (SSSR count). The van der Waals surface area contributed by atoms with Gasteiger partial charge in [0.1, 0.15) is 0 Å². The second-order valence-electron chi connectivity index (χ2n) is 23.4. The van der Waals surface area contributed by atoms with Crippen LogP contribution in [-0.4, -0.2) is 130 Å². The van der Waals surface area contributed by atoms with Gasteiger partial charge in [0.25, 0.3) is 0 Å². The number of hydrogen-bond donors (Lipinski definition) is 5. The zero-order valence-corrected chi connectivity index (χ0v) is 49.6. The first-order valence-corrected chi connectivity index (χ1v) is 32.8. The van der Waals surface area contributed by atoms with Crippen LogP contribution in [0.4, 0.5) is 0 Å². The first-order chi connectivity index (χ1) is 35.2. The lowest BCUT2D eigenvalue weighted by atomic mass is 10.0. The van der Waals surface area contributed by atoms with Crippen LogP contribution in [0, 0.1) is 0 Å². The third kappa shape index (κ3) is 51.8. The van der Waals surface area contributed by atoms with Gasteiger partial charge < -0.3 is 25.5 Å². The number of aliphatic hydroxyl groups excluding tert-OH is 5. The van der Waals surface area contributed by atoms with Crippen molar-refractivity contribution in [2.24, 2.45) is 0 Å². The van der Waals surface area contributed by atoms with Crippen molar-refractivity contribution in [2.75, 3.05) is 58.9 Å².